The minimum absolute atomic E-state index is 0.172. The maximum atomic E-state index is 11.5. The van der Waals surface area contributed by atoms with Crippen LogP contribution in [0.15, 0.2) is 41.3 Å². The van der Waals surface area contributed by atoms with Gasteiger partial charge in [-0.05, 0) is 24.9 Å². The Morgan fingerprint density at radius 2 is 2.13 bits per heavy atom. The van der Waals surface area contributed by atoms with E-state index >= 15 is 0 Å². The van der Waals surface area contributed by atoms with Gasteiger partial charge in [-0.1, -0.05) is 48.4 Å². The van der Waals surface area contributed by atoms with Crippen LogP contribution in [0.25, 0.3) is 0 Å². The van der Waals surface area contributed by atoms with E-state index in [0.29, 0.717) is 11.7 Å². The second kappa shape index (κ2) is 7.62. The Kier molecular flexibility index (Phi) is 5.31. The first kappa shape index (κ1) is 16.0. The van der Waals surface area contributed by atoms with Crippen LogP contribution in [-0.4, -0.2) is 34.2 Å². The SMILES string of the molecule is O=c1[nH]ncc(NC[C@H]2CCCCN2Cc2ccccc2)c1Cl. The summed E-state index contributed by atoms with van der Waals surface area (Å²) in [6.07, 6.45) is 5.18. The monoisotopic (exact) mass is 332 g/mol. The Labute approximate surface area is 140 Å². The van der Waals surface area contributed by atoms with Crippen molar-refractivity contribution < 1.29 is 0 Å². The number of H-pyrrole nitrogens is 1. The van der Waals surface area contributed by atoms with E-state index in [1.165, 1.54) is 18.4 Å². The fraction of sp³-hybridized carbons (Fsp3) is 0.412. The van der Waals surface area contributed by atoms with E-state index in [4.69, 9.17) is 11.6 Å². The number of aromatic amines is 1. The number of nitrogens with zero attached hydrogens (tertiary/aromatic N) is 2. The minimum Gasteiger partial charge on any atom is -0.381 e. The molecule has 23 heavy (non-hydrogen) atoms. The van der Waals surface area contributed by atoms with Crippen LogP contribution in [0.2, 0.25) is 5.02 Å². The van der Waals surface area contributed by atoms with E-state index in [-0.39, 0.29) is 10.6 Å². The fourth-order valence-electron chi connectivity index (χ4n) is 3.05. The molecule has 1 aromatic carbocycles. The largest absolute Gasteiger partial charge is 0.381 e. The quantitative estimate of drug-likeness (QED) is 0.884. The van der Waals surface area contributed by atoms with Gasteiger partial charge in [0.25, 0.3) is 5.56 Å². The first-order valence-corrected chi connectivity index (χ1v) is 8.37. The molecule has 2 heterocycles. The third-order valence-electron chi connectivity index (χ3n) is 4.30. The van der Waals surface area contributed by atoms with Gasteiger partial charge in [-0.3, -0.25) is 9.69 Å². The van der Waals surface area contributed by atoms with E-state index in [1.54, 1.807) is 6.20 Å². The summed E-state index contributed by atoms with van der Waals surface area (Å²) in [5.41, 5.74) is 1.57. The molecule has 5 nitrogen and oxygen atoms in total. The van der Waals surface area contributed by atoms with Gasteiger partial charge in [0.2, 0.25) is 0 Å². The molecule has 3 rings (SSSR count). The highest BCUT2D eigenvalue weighted by molar-refractivity contribution is 6.32. The lowest BCUT2D eigenvalue weighted by Gasteiger charge is -2.36. The summed E-state index contributed by atoms with van der Waals surface area (Å²) < 4.78 is 0. The Bertz CT molecular complexity index is 688. The maximum absolute atomic E-state index is 11.5. The van der Waals surface area contributed by atoms with E-state index in [2.05, 4.69) is 44.7 Å². The van der Waals surface area contributed by atoms with E-state index in [9.17, 15) is 4.79 Å². The molecule has 6 heteroatoms. The smallest absolute Gasteiger partial charge is 0.285 e. The van der Waals surface area contributed by atoms with Gasteiger partial charge in [-0.2, -0.15) is 5.10 Å². The maximum Gasteiger partial charge on any atom is 0.285 e. The summed E-state index contributed by atoms with van der Waals surface area (Å²) >= 11 is 6.02. The van der Waals surface area contributed by atoms with E-state index < -0.39 is 0 Å². The summed E-state index contributed by atoms with van der Waals surface area (Å²) in [5, 5.41) is 9.58. The molecule has 0 aliphatic carbocycles. The van der Waals surface area contributed by atoms with Gasteiger partial charge in [0.15, 0.2) is 0 Å². The molecule has 1 aliphatic rings. The van der Waals surface area contributed by atoms with Gasteiger partial charge in [0, 0.05) is 19.1 Å². The number of likely N-dealkylation sites (tertiary alicyclic amines) is 1. The first-order chi connectivity index (χ1) is 11.2. The molecule has 0 bridgehead atoms. The van der Waals surface area contributed by atoms with E-state index in [0.717, 1.165) is 26.1 Å². The standard InChI is InChI=1S/C17H21ClN4O/c18-16-15(11-20-21-17(16)23)19-10-14-8-4-5-9-22(14)12-13-6-2-1-3-7-13/h1-3,6-7,11,14H,4-5,8-10,12H2,(H2,19,21,23)/t14-/m1/s1. The Balaban J connectivity index is 1.65. The molecular weight excluding hydrogens is 312 g/mol. The van der Waals surface area contributed by atoms with Gasteiger partial charge in [-0.25, -0.2) is 5.10 Å². The molecule has 0 radical (unpaired) electrons. The van der Waals surface area contributed by atoms with Crippen molar-refractivity contribution in [1.82, 2.24) is 15.1 Å². The number of hydrogen-bond acceptors (Lipinski definition) is 4. The Hall–Kier alpha value is -1.85. The molecule has 1 fully saturated rings. The average Bonchev–Trinajstić information content (AvgIpc) is 2.58. The van der Waals surface area contributed by atoms with Crippen LogP contribution < -0.4 is 10.9 Å². The van der Waals surface area contributed by atoms with Gasteiger partial charge in [0.1, 0.15) is 5.02 Å². The first-order valence-electron chi connectivity index (χ1n) is 7.99. The number of piperidine rings is 1. The number of halogens is 1. The zero-order chi connectivity index (χ0) is 16.1. The fourth-order valence-corrected chi connectivity index (χ4v) is 3.21. The normalized spacial score (nSPS) is 18.7. The number of rotatable bonds is 5. The molecule has 1 saturated heterocycles. The lowest BCUT2D eigenvalue weighted by Crippen LogP contribution is -2.43. The van der Waals surface area contributed by atoms with Crippen molar-refractivity contribution in [1.29, 1.82) is 0 Å². The molecule has 122 valence electrons. The van der Waals surface area contributed by atoms with Gasteiger partial charge >= 0.3 is 0 Å². The lowest BCUT2D eigenvalue weighted by molar-refractivity contribution is 0.148. The molecular formula is C17H21ClN4O. The van der Waals surface area contributed by atoms with Crippen LogP contribution in [0.5, 0.6) is 0 Å². The lowest BCUT2D eigenvalue weighted by atomic mass is 10.0. The predicted molar refractivity (Wildman–Crippen MR) is 92.8 cm³/mol. The third-order valence-corrected chi connectivity index (χ3v) is 4.68. The third kappa shape index (κ3) is 4.12. The summed E-state index contributed by atoms with van der Waals surface area (Å²) in [5.74, 6) is 0. The van der Waals surface area contributed by atoms with Crippen LogP contribution in [-0.2, 0) is 6.54 Å². The number of benzene rings is 1. The molecule has 1 aromatic heterocycles. The summed E-state index contributed by atoms with van der Waals surface area (Å²) in [7, 11) is 0. The van der Waals surface area contributed by atoms with Crippen LogP contribution in [0.3, 0.4) is 0 Å². The molecule has 1 atom stereocenters. The van der Waals surface area contributed by atoms with Crippen molar-refractivity contribution in [3.05, 3.63) is 57.5 Å². The molecule has 2 aromatic rings. The molecule has 0 amide bonds. The van der Waals surface area contributed by atoms with Crippen molar-refractivity contribution in [2.24, 2.45) is 0 Å². The van der Waals surface area contributed by atoms with E-state index in [1.807, 2.05) is 6.07 Å². The summed E-state index contributed by atoms with van der Waals surface area (Å²) in [6.45, 7) is 2.81. The Morgan fingerprint density at radius 1 is 1.30 bits per heavy atom. The second-order valence-corrected chi connectivity index (χ2v) is 6.29. The van der Waals surface area contributed by atoms with Crippen molar-refractivity contribution in [2.75, 3.05) is 18.4 Å². The zero-order valence-electron chi connectivity index (χ0n) is 13.0. The van der Waals surface area contributed by atoms with Crippen molar-refractivity contribution in [3.63, 3.8) is 0 Å². The molecule has 2 N–H and O–H groups in total. The van der Waals surface area contributed by atoms with Crippen LogP contribution in [0, 0.1) is 0 Å². The minimum atomic E-state index is -0.360. The predicted octanol–water partition coefficient (Wildman–Crippen LogP) is 2.89. The van der Waals surface area contributed by atoms with Crippen molar-refractivity contribution in [3.8, 4) is 0 Å². The average molecular weight is 333 g/mol. The molecule has 1 aliphatic heterocycles. The van der Waals surface area contributed by atoms with Crippen LogP contribution >= 0.6 is 11.6 Å². The van der Waals surface area contributed by atoms with Crippen LogP contribution in [0.4, 0.5) is 5.69 Å². The topological polar surface area (TPSA) is 61.0 Å². The van der Waals surface area contributed by atoms with Gasteiger partial charge < -0.3 is 5.32 Å². The Morgan fingerprint density at radius 3 is 2.96 bits per heavy atom. The summed E-state index contributed by atoms with van der Waals surface area (Å²) in [6, 6.07) is 11.0. The highest BCUT2D eigenvalue weighted by Crippen LogP contribution is 2.21. The number of nitrogens with one attached hydrogen (secondary N) is 2. The van der Waals surface area contributed by atoms with Crippen molar-refractivity contribution >= 4 is 17.3 Å². The zero-order valence-corrected chi connectivity index (χ0v) is 13.7. The van der Waals surface area contributed by atoms with Gasteiger partial charge in [-0.15, -0.1) is 0 Å². The van der Waals surface area contributed by atoms with Gasteiger partial charge in [0.05, 0.1) is 11.9 Å². The molecule has 0 saturated carbocycles. The number of hydrogen-bond donors (Lipinski definition) is 2. The summed E-state index contributed by atoms with van der Waals surface area (Å²) in [4.78, 5) is 14.0. The highest BCUT2D eigenvalue weighted by Gasteiger charge is 2.22. The van der Waals surface area contributed by atoms with Crippen molar-refractivity contribution in [2.45, 2.75) is 31.8 Å². The molecule has 0 spiro atoms. The number of aromatic nitrogens is 2. The van der Waals surface area contributed by atoms with Crippen LogP contribution in [0.1, 0.15) is 24.8 Å². The second-order valence-electron chi connectivity index (χ2n) is 5.91. The number of anilines is 1. The highest BCUT2D eigenvalue weighted by atomic mass is 35.5. The molecule has 0 unspecified atom stereocenters.